The van der Waals surface area contributed by atoms with Gasteiger partial charge < -0.3 is 29.5 Å². The number of piperidine rings is 1. The number of carbonyl (C=O) groups excluding carboxylic acids is 1. The average Bonchev–Trinajstić information content (AvgIpc) is 3.85. The van der Waals surface area contributed by atoms with E-state index < -0.39 is 15.8 Å². The summed E-state index contributed by atoms with van der Waals surface area (Å²) in [6.45, 7) is 5.65. The van der Waals surface area contributed by atoms with E-state index in [1.807, 2.05) is 30.9 Å². The first-order valence-electron chi connectivity index (χ1n) is 18.2. The van der Waals surface area contributed by atoms with Gasteiger partial charge in [0.15, 0.2) is 0 Å². The van der Waals surface area contributed by atoms with Gasteiger partial charge in [0.2, 0.25) is 9.84 Å². The van der Waals surface area contributed by atoms with Gasteiger partial charge in [-0.2, -0.15) is 0 Å². The molecule has 0 bridgehead atoms. The summed E-state index contributed by atoms with van der Waals surface area (Å²) in [4.78, 5) is 33.2. The zero-order chi connectivity index (χ0) is 36.3. The molecule has 274 valence electrons. The summed E-state index contributed by atoms with van der Waals surface area (Å²) in [5.74, 6) is 0.0129. The van der Waals surface area contributed by atoms with E-state index in [-0.39, 0.29) is 38.9 Å². The third-order valence-electron chi connectivity index (χ3n) is 11.6. The highest BCUT2D eigenvalue weighted by molar-refractivity contribution is 7.91. The van der Waals surface area contributed by atoms with Gasteiger partial charge in [-0.15, -0.1) is 0 Å². The number of alkyl carbamates (subject to hydrolysis) is 1. The van der Waals surface area contributed by atoms with Crippen molar-refractivity contribution in [2.75, 3.05) is 44.7 Å². The summed E-state index contributed by atoms with van der Waals surface area (Å²) in [6.07, 6.45) is 10.3. The second-order valence-electron chi connectivity index (χ2n) is 14.5. The van der Waals surface area contributed by atoms with Gasteiger partial charge in [-0.3, -0.25) is 0 Å². The first-order chi connectivity index (χ1) is 25.2. The molecular weight excluding hydrogens is 679 g/mol. The van der Waals surface area contributed by atoms with Gasteiger partial charge in [0, 0.05) is 68.6 Å². The van der Waals surface area contributed by atoms with E-state index >= 15 is 0 Å². The van der Waals surface area contributed by atoms with Crippen molar-refractivity contribution in [3.05, 3.63) is 109 Å². The Kier molecular flexibility index (Phi) is 10.4. The van der Waals surface area contributed by atoms with E-state index in [1.54, 1.807) is 19.2 Å². The Bertz CT molecular complexity index is 1920. The number of aromatic nitrogens is 2. The van der Waals surface area contributed by atoms with Crippen molar-refractivity contribution in [1.82, 2.24) is 19.8 Å². The number of hydrogen-bond acceptors (Lipinski definition) is 8. The molecular formula is C40H47N5O6S. The molecule has 1 saturated carbocycles. The number of benzene rings is 3. The normalized spacial score (nSPS) is 21.3. The number of rotatable bonds is 12. The first kappa shape index (κ1) is 35.7. The summed E-state index contributed by atoms with van der Waals surface area (Å²) < 4.78 is 34.6. The molecule has 2 N–H and O–H groups in total. The van der Waals surface area contributed by atoms with Gasteiger partial charge in [-0.05, 0) is 105 Å². The molecule has 12 heteroatoms. The quantitative estimate of drug-likeness (QED) is 0.188. The van der Waals surface area contributed by atoms with Gasteiger partial charge in [-0.25, -0.2) is 23.0 Å². The van der Waals surface area contributed by atoms with E-state index in [4.69, 9.17) is 9.84 Å². The van der Waals surface area contributed by atoms with Crippen molar-refractivity contribution in [3.63, 3.8) is 0 Å². The molecule has 4 aromatic rings. The van der Waals surface area contributed by atoms with Crippen LogP contribution in [0.5, 0.6) is 0 Å². The molecule has 3 heterocycles. The van der Waals surface area contributed by atoms with E-state index in [9.17, 15) is 18.0 Å². The summed E-state index contributed by atoms with van der Waals surface area (Å²) in [7, 11) is -2.13. The highest BCUT2D eigenvalue weighted by Crippen LogP contribution is 2.52. The van der Waals surface area contributed by atoms with Crippen LogP contribution in [0.25, 0.3) is 0 Å². The maximum absolute atomic E-state index is 13.2. The molecule has 0 spiro atoms. The molecule has 1 aromatic heterocycles. The third-order valence-corrected chi connectivity index (χ3v) is 13.4. The molecule has 2 aliphatic heterocycles. The molecule has 3 atom stereocenters. The van der Waals surface area contributed by atoms with E-state index in [0.29, 0.717) is 11.8 Å². The topological polar surface area (TPSA) is 134 Å². The zero-order valence-corrected chi connectivity index (χ0v) is 30.3. The first-order valence-corrected chi connectivity index (χ1v) is 19.7. The number of aromatic carboxylic acids is 1. The van der Waals surface area contributed by atoms with Crippen molar-refractivity contribution < 1.29 is 27.9 Å². The number of hydrogen-bond donors (Lipinski definition) is 2. The largest absolute Gasteiger partial charge is 0.478 e. The summed E-state index contributed by atoms with van der Waals surface area (Å²) >= 11 is 0. The average molecular weight is 726 g/mol. The van der Waals surface area contributed by atoms with Crippen LogP contribution >= 0.6 is 0 Å². The fourth-order valence-corrected chi connectivity index (χ4v) is 10.3. The second-order valence-corrected chi connectivity index (χ2v) is 16.5. The smallest absolute Gasteiger partial charge is 0.407 e. The Balaban J connectivity index is 1.00. The van der Waals surface area contributed by atoms with E-state index in [1.165, 1.54) is 29.8 Å². The van der Waals surface area contributed by atoms with Crippen LogP contribution in [0.1, 0.15) is 48.0 Å². The van der Waals surface area contributed by atoms with Crippen molar-refractivity contribution in [1.29, 1.82) is 0 Å². The second kappa shape index (κ2) is 15.1. The minimum absolute atomic E-state index is 0.0451. The van der Waals surface area contributed by atoms with Gasteiger partial charge in [0.1, 0.15) is 6.10 Å². The number of anilines is 1. The van der Waals surface area contributed by atoms with Crippen molar-refractivity contribution in [2.24, 2.45) is 17.8 Å². The fraction of sp³-hybridized carbons (Fsp3) is 0.425. The predicted octanol–water partition coefficient (Wildman–Crippen LogP) is 5.73. The number of nitrogens with zero attached hydrogens (tertiary/aromatic N) is 4. The van der Waals surface area contributed by atoms with Crippen LogP contribution in [-0.4, -0.2) is 85.9 Å². The minimum Gasteiger partial charge on any atom is -0.478 e. The van der Waals surface area contributed by atoms with Crippen LogP contribution in [0.3, 0.4) is 0 Å². The fourth-order valence-electron chi connectivity index (χ4n) is 9.01. The summed E-state index contributed by atoms with van der Waals surface area (Å²) in [6, 6.07) is 23.1. The van der Waals surface area contributed by atoms with Crippen LogP contribution in [0, 0.1) is 17.8 Å². The summed E-state index contributed by atoms with van der Waals surface area (Å²) in [5, 5.41) is 11.8. The van der Waals surface area contributed by atoms with Gasteiger partial charge in [-0.1, -0.05) is 30.3 Å². The predicted molar refractivity (Wildman–Crippen MR) is 197 cm³/mol. The van der Waals surface area contributed by atoms with Crippen molar-refractivity contribution >= 4 is 27.6 Å². The lowest BCUT2D eigenvalue weighted by Gasteiger charge is -2.51. The molecule has 1 aliphatic carbocycles. The van der Waals surface area contributed by atoms with Crippen LogP contribution in [0.2, 0.25) is 0 Å². The minimum atomic E-state index is -3.75. The highest BCUT2D eigenvalue weighted by atomic mass is 32.2. The maximum Gasteiger partial charge on any atom is 0.407 e. The van der Waals surface area contributed by atoms with Crippen LogP contribution in [0.15, 0.2) is 107 Å². The van der Waals surface area contributed by atoms with Crippen LogP contribution in [-0.2, 0) is 26.5 Å². The number of carboxylic acid groups (broad SMARTS) is 1. The molecule has 11 nitrogen and oxygen atoms in total. The Morgan fingerprint density at radius 1 is 0.923 bits per heavy atom. The van der Waals surface area contributed by atoms with E-state index in [2.05, 4.69) is 55.0 Å². The van der Waals surface area contributed by atoms with Crippen LogP contribution < -0.4 is 10.2 Å². The molecule has 1 amide bonds. The Hall–Kier alpha value is -4.68. The number of imidazole rings is 1. The molecule has 3 fully saturated rings. The number of nitrogens with one attached hydrogen (secondary N) is 1. The van der Waals surface area contributed by atoms with Crippen molar-refractivity contribution in [2.45, 2.75) is 60.0 Å². The molecule has 3 aliphatic rings. The maximum atomic E-state index is 13.2. The Morgan fingerprint density at radius 2 is 1.60 bits per heavy atom. The number of sulfone groups is 1. The number of amides is 1. The number of carbonyl (C=O) groups is 2. The zero-order valence-electron chi connectivity index (χ0n) is 29.5. The van der Waals surface area contributed by atoms with E-state index in [0.717, 1.165) is 77.1 Å². The number of likely N-dealkylation sites (tertiary alicyclic amines) is 1. The summed E-state index contributed by atoms with van der Waals surface area (Å²) in [5.41, 5.74) is 2.12. The molecule has 7 rings (SSSR count). The lowest BCUT2D eigenvalue weighted by atomic mass is 9.58. The Labute approximate surface area is 305 Å². The van der Waals surface area contributed by atoms with Gasteiger partial charge in [0.05, 0.1) is 21.7 Å². The van der Waals surface area contributed by atoms with Gasteiger partial charge >= 0.3 is 12.1 Å². The van der Waals surface area contributed by atoms with Crippen LogP contribution in [0.4, 0.5) is 10.5 Å². The molecule has 1 unspecified atom stereocenters. The molecule has 52 heavy (non-hydrogen) atoms. The SMILES string of the molecule is CNC(=O)O[C@H]1CCC[C@@H]1C(Cn1ccnc1)(c1ccccc1)C1CCN(CC2CN(c3ccc(S(=O)(=O)c4ccc(C(=O)O)cc4)cc3)C2)CC1. The van der Waals surface area contributed by atoms with Crippen molar-refractivity contribution in [3.8, 4) is 0 Å². The number of ether oxygens (including phenoxy) is 1. The monoisotopic (exact) mass is 725 g/mol. The highest BCUT2D eigenvalue weighted by Gasteiger charge is 2.53. The lowest BCUT2D eigenvalue weighted by molar-refractivity contribution is 0.00203. The number of carboxylic acids is 1. The third kappa shape index (κ3) is 7.18. The lowest BCUT2D eigenvalue weighted by Crippen LogP contribution is -2.55. The molecule has 2 saturated heterocycles. The van der Waals surface area contributed by atoms with Gasteiger partial charge in [0.25, 0.3) is 0 Å². The molecule has 3 aromatic carbocycles. The standard InChI is InChI=1S/C40H47N5O6S/c1-41-39(48)51-37-9-5-8-36(37)40(27-44-23-20-42-28-44,31-6-3-2-4-7-31)32-18-21-43(22-19-32)24-29-25-45(26-29)33-12-16-35(17-13-33)52(49,50)34-14-10-30(11-15-34)38(46)47/h2-4,6-7,10-17,20,23,28-29,32,36-37H,5,8-9,18-19,21-22,24-27H2,1H3,(H,41,48)(H,46,47)/t36-,37-,40?/m0/s1. The molecule has 0 radical (unpaired) electrons. The Morgan fingerprint density at radius 3 is 2.21 bits per heavy atom.